The van der Waals surface area contributed by atoms with Gasteiger partial charge in [-0.05, 0) is 35.7 Å². The number of aromatic hydroxyl groups is 1. The predicted molar refractivity (Wildman–Crippen MR) is 87.3 cm³/mol. The molecule has 1 aromatic heterocycles. The fraction of sp³-hybridized carbons (Fsp3) is 0.278. The van der Waals surface area contributed by atoms with Crippen LogP contribution < -0.4 is 4.74 Å². The highest BCUT2D eigenvalue weighted by Crippen LogP contribution is 2.25. The molecule has 2 aromatic carbocycles. The van der Waals surface area contributed by atoms with Gasteiger partial charge in [0.05, 0.1) is 12.1 Å². The highest BCUT2D eigenvalue weighted by Gasteiger charge is 2.09. The largest absolute Gasteiger partial charge is 0.508 e. The summed E-state index contributed by atoms with van der Waals surface area (Å²) in [6, 6.07) is 13.1. The van der Waals surface area contributed by atoms with Gasteiger partial charge in [-0.3, -0.25) is 0 Å². The number of fused-ring (bicyclic) bond motifs is 1. The minimum atomic E-state index is 0.276. The molecule has 0 aliphatic carbocycles. The van der Waals surface area contributed by atoms with Crippen LogP contribution in [0.15, 0.2) is 42.5 Å². The number of para-hydroxylation sites is 1. The van der Waals surface area contributed by atoms with Gasteiger partial charge >= 0.3 is 0 Å². The summed E-state index contributed by atoms with van der Waals surface area (Å²) in [4.78, 5) is 8.00. The molecule has 2 N–H and O–H groups in total. The fourth-order valence-corrected chi connectivity index (χ4v) is 2.32. The van der Waals surface area contributed by atoms with E-state index in [9.17, 15) is 5.11 Å². The van der Waals surface area contributed by atoms with Crippen LogP contribution in [0.3, 0.4) is 0 Å². The Morgan fingerprint density at radius 1 is 1.14 bits per heavy atom. The average Bonchev–Trinajstić information content (AvgIpc) is 2.90. The summed E-state index contributed by atoms with van der Waals surface area (Å²) < 4.78 is 5.84. The monoisotopic (exact) mass is 296 g/mol. The molecule has 0 amide bonds. The van der Waals surface area contributed by atoms with Gasteiger partial charge in [0.1, 0.15) is 22.8 Å². The highest BCUT2D eigenvalue weighted by molar-refractivity contribution is 5.81. The van der Waals surface area contributed by atoms with E-state index in [4.69, 9.17) is 4.74 Å². The van der Waals surface area contributed by atoms with E-state index < -0.39 is 0 Å². The standard InChI is InChI=1S/C18H20N2O2/c1-12(2)11-22-16-5-3-4-15-18(16)20-17(19-15)10-13-6-8-14(21)9-7-13/h3-9,12,21H,10-11H2,1-2H3,(H,19,20). The van der Waals surface area contributed by atoms with E-state index in [-0.39, 0.29) is 5.75 Å². The van der Waals surface area contributed by atoms with E-state index in [1.165, 1.54) is 0 Å². The Hall–Kier alpha value is -2.49. The molecule has 0 radical (unpaired) electrons. The number of hydrogen-bond donors (Lipinski definition) is 2. The number of benzene rings is 2. The Morgan fingerprint density at radius 2 is 1.91 bits per heavy atom. The Morgan fingerprint density at radius 3 is 2.64 bits per heavy atom. The van der Waals surface area contributed by atoms with Crippen molar-refractivity contribution in [2.24, 2.45) is 5.92 Å². The van der Waals surface area contributed by atoms with Gasteiger partial charge in [0, 0.05) is 6.42 Å². The van der Waals surface area contributed by atoms with Crippen LogP contribution in [0.1, 0.15) is 25.2 Å². The van der Waals surface area contributed by atoms with E-state index in [0.717, 1.165) is 28.2 Å². The van der Waals surface area contributed by atoms with Gasteiger partial charge in [-0.25, -0.2) is 4.98 Å². The first-order valence-corrected chi connectivity index (χ1v) is 7.50. The smallest absolute Gasteiger partial charge is 0.147 e. The lowest BCUT2D eigenvalue weighted by Gasteiger charge is -2.08. The summed E-state index contributed by atoms with van der Waals surface area (Å²) in [5.74, 6) is 2.46. The molecule has 0 saturated carbocycles. The van der Waals surface area contributed by atoms with Crippen molar-refractivity contribution in [1.82, 2.24) is 9.97 Å². The number of ether oxygens (including phenoxy) is 1. The highest BCUT2D eigenvalue weighted by atomic mass is 16.5. The molecule has 0 aliphatic heterocycles. The SMILES string of the molecule is CC(C)COc1cccc2[nH]c(Cc3ccc(O)cc3)nc12. The van der Waals surface area contributed by atoms with Crippen LogP contribution in [0.2, 0.25) is 0 Å². The van der Waals surface area contributed by atoms with Crippen molar-refractivity contribution < 1.29 is 9.84 Å². The summed E-state index contributed by atoms with van der Waals surface area (Å²) >= 11 is 0. The lowest BCUT2D eigenvalue weighted by atomic mass is 10.1. The van der Waals surface area contributed by atoms with Crippen molar-refractivity contribution in [2.75, 3.05) is 6.61 Å². The van der Waals surface area contributed by atoms with Crippen LogP contribution >= 0.6 is 0 Å². The molecule has 114 valence electrons. The van der Waals surface area contributed by atoms with Crippen molar-refractivity contribution in [1.29, 1.82) is 0 Å². The van der Waals surface area contributed by atoms with Crippen molar-refractivity contribution in [3.63, 3.8) is 0 Å². The molecular formula is C18H20N2O2. The van der Waals surface area contributed by atoms with Gasteiger partial charge < -0.3 is 14.8 Å². The summed E-state index contributed by atoms with van der Waals surface area (Å²) in [5, 5.41) is 9.34. The molecule has 1 heterocycles. The third-order valence-corrected chi connectivity index (χ3v) is 3.40. The van der Waals surface area contributed by atoms with E-state index in [1.807, 2.05) is 30.3 Å². The van der Waals surface area contributed by atoms with E-state index >= 15 is 0 Å². The zero-order valence-corrected chi connectivity index (χ0v) is 12.8. The molecule has 4 heteroatoms. The lowest BCUT2D eigenvalue weighted by Crippen LogP contribution is -2.04. The minimum absolute atomic E-state index is 0.276. The first-order chi connectivity index (χ1) is 10.6. The predicted octanol–water partition coefficient (Wildman–Crippen LogP) is 3.89. The number of H-pyrrole nitrogens is 1. The molecule has 0 atom stereocenters. The van der Waals surface area contributed by atoms with E-state index in [1.54, 1.807) is 12.1 Å². The second-order valence-corrected chi connectivity index (χ2v) is 5.88. The van der Waals surface area contributed by atoms with Crippen molar-refractivity contribution in [2.45, 2.75) is 20.3 Å². The number of phenols is 1. The van der Waals surface area contributed by atoms with Crippen molar-refractivity contribution >= 4 is 11.0 Å². The summed E-state index contributed by atoms with van der Waals surface area (Å²) in [7, 11) is 0. The summed E-state index contributed by atoms with van der Waals surface area (Å²) in [6.45, 7) is 4.93. The fourth-order valence-electron chi connectivity index (χ4n) is 2.32. The third kappa shape index (κ3) is 3.22. The molecule has 0 aliphatic rings. The van der Waals surface area contributed by atoms with Crippen LogP contribution in [-0.2, 0) is 6.42 Å². The second-order valence-electron chi connectivity index (χ2n) is 5.88. The van der Waals surface area contributed by atoms with Crippen LogP contribution in [0.5, 0.6) is 11.5 Å². The maximum atomic E-state index is 9.34. The lowest BCUT2D eigenvalue weighted by molar-refractivity contribution is 0.273. The summed E-state index contributed by atoms with van der Waals surface area (Å²) in [5.41, 5.74) is 2.95. The molecule has 0 spiro atoms. The number of phenolic OH excluding ortho intramolecular Hbond substituents is 1. The summed E-state index contributed by atoms with van der Waals surface area (Å²) in [6.07, 6.45) is 0.693. The Bertz CT molecular complexity index is 760. The third-order valence-electron chi connectivity index (χ3n) is 3.40. The zero-order valence-electron chi connectivity index (χ0n) is 12.8. The molecule has 4 nitrogen and oxygen atoms in total. The quantitative estimate of drug-likeness (QED) is 0.751. The van der Waals surface area contributed by atoms with Gasteiger partial charge in [0.15, 0.2) is 0 Å². The molecule has 0 saturated heterocycles. The van der Waals surface area contributed by atoms with Crippen molar-refractivity contribution in [3.05, 3.63) is 53.9 Å². The number of nitrogens with one attached hydrogen (secondary N) is 1. The molecular weight excluding hydrogens is 276 g/mol. The molecule has 0 bridgehead atoms. The first-order valence-electron chi connectivity index (χ1n) is 7.50. The van der Waals surface area contributed by atoms with Gasteiger partial charge in [0.2, 0.25) is 0 Å². The van der Waals surface area contributed by atoms with Crippen LogP contribution in [0.4, 0.5) is 0 Å². The second kappa shape index (κ2) is 6.10. The Labute approximate surface area is 129 Å². The molecule has 22 heavy (non-hydrogen) atoms. The van der Waals surface area contributed by atoms with Crippen LogP contribution in [0.25, 0.3) is 11.0 Å². The topological polar surface area (TPSA) is 58.1 Å². The van der Waals surface area contributed by atoms with E-state index in [2.05, 4.69) is 23.8 Å². The van der Waals surface area contributed by atoms with Crippen LogP contribution in [0, 0.1) is 5.92 Å². The van der Waals surface area contributed by atoms with Gasteiger partial charge in [-0.1, -0.05) is 32.0 Å². The maximum absolute atomic E-state index is 9.34. The zero-order chi connectivity index (χ0) is 15.5. The van der Waals surface area contributed by atoms with E-state index in [0.29, 0.717) is 18.9 Å². The van der Waals surface area contributed by atoms with Gasteiger partial charge in [-0.15, -0.1) is 0 Å². The van der Waals surface area contributed by atoms with Crippen LogP contribution in [-0.4, -0.2) is 21.7 Å². The average molecular weight is 296 g/mol. The molecule has 0 fully saturated rings. The molecule has 3 rings (SSSR count). The number of hydrogen-bond acceptors (Lipinski definition) is 3. The first kappa shape index (κ1) is 14.4. The number of aromatic amines is 1. The van der Waals surface area contributed by atoms with Crippen molar-refractivity contribution in [3.8, 4) is 11.5 Å². The molecule has 3 aromatic rings. The Balaban J connectivity index is 1.85. The Kier molecular flexibility index (Phi) is 4.00. The normalized spacial score (nSPS) is 11.2. The number of imidazole rings is 1. The van der Waals surface area contributed by atoms with Gasteiger partial charge in [0.25, 0.3) is 0 Å². The number of nitrogens with zero attached hydrogens (tertiary/aromatic N) is 1. The van der Waals surface area contributed by atoms with Gasteiger partial charge in [-0.2, -0.15) is 0 Å². The molecule has 0 unspecified atom stereocenters. The number of aromatic nitrogens is 2. The maximum Gasteiger partial charge on any atom is 0.147 e. The number of rotatable bonds is 5. The minimum Gasteiger partial charge on any atom is -0.508 e.